The molecule has 134 valence electrons. The maximum absolute atomic E-state index is 13.2. The largest absolute Gasteiger partial charge is 0.465 e. The molecule has 2 aromatic rings. The van der Waals surface area contributed by atoms with Crippen molar-refractivity contribution < 1.29 is 14.3 Å². The molecular formula is C19H24N2O3S. The van der Waals surface area contributed by atoms with Gasteiger partial charge in [-0.25, -0.2) is 0 Å². The molecule has 0 saturated carbocycles. The van der Waals surface area contributed by atoms with Gasteiger partial charge in [0, 0.05) is 19.3 Å². The van der Waals surface area contributed by atoms with Crippen LogP contribution in [-0.2, 0) is 23.1 Å². The highest BCUT2D eigenvalue weighted by atomic mass is 32.2. The maximum Gasteiger partial charge on any atom is 0.315 e. The van der Waals surface area contributed by atoms with Crippen LogP contribution >= 0.6 is 11.8 Å². The first kappa shape index (κ1) is 17.9. The molecule has 2 aromatic heterocycles. The van der Waals surface area contributed by atoms with Gasteiger partial charge in [0.25, 0.3) is 0 Å². The van der Waals surface area contributed by atoms with Crippen molar-refractivity contribution in [2.45, 2.75) is 44.7 Å². The number of esters is 1. The van der Waals surface area contributed by atoms with E-state index in [2.05, 4.69) is 6.92 Å². The second kappa shape index (κ2) is 7.12. The molecule has 3 heterocycles. The van der Waals surface area contributed by atoms with Crippen LogP contribution in [0, 0.1) is 6.92 Å². The zero-order valence-electron chi connectivity index (χ0n) is 15.2. The smallest absolute Gasteiger partial charge is 0.315 e. The van der Waals surface area contributed by atoms with Crippen molar-refractivity contribution in [2.24, 2.45) is 7.05 Å². The summed E-state index contributed by atoms with van der Waals surface area (Å²) >= 11 is 1.72. The second-order valence-corrected chi connectivity index (χ2v) is 7.51. The van der Waals surface area contributed by atoms with E-state index in [1.807, 2.05) is 48.2 Å². The van der Waals surface area contributed by atoms with Crippen molar-refractivity contribution in [3.63, 3.8) is 0 Å². The lowest BCUT2D eigenvalue weighted by Crippen LogP contribution is -2.14. The Labute approximate surface area is 152 Å². The van der Waals surface area contributed by atoms with Crippen molar-refractivity contribution >= 4 is 23.5 Å². The zero-order chi connectivity index (χ0) is 18.1. The molecule has 0 saturated heterocycles. The third-order valence-electron chi connectivity index (χ3n) is 4.70. The minimum atomic E-state index is -0.264. The number of hydrogen-bond donors (Lipinski definition) is 0. The normalized spacial score (nSPS) is 16.1. The fourth-order valence-electron chi connectivity index (χ4n) is 3.56. The van der Waals surface area contributed by atoms with Crippen LogP contribution in [0.25, 0.3) is 0 Å². The van der Waals surface area contributed by atoms with Gasteiger partial charge in [-0.3, -0.25) is 9.59 Å². The molecule has 0 amide bonds. The van der Waals surface area contributed by atoms with Gasteiger partial charge < -0.3 is 13.9 Å². The molecule has 3 rings (SSSR count). The van der Waals surface area contributed by atoms with E-state index in [9.17, 15) is 9.59 Å². The number of carbonyl (C=O) groups excluding carboxylic acids is 2. The van der Waals surface area contributed by atoms with Crippen LogP contribution in [0.15, 0.2) is 23.2 Å². The lowest BCUT2D eigenvalue weighted by Gasteiger charge is -2.09. The predicted molar refractivity (Wildman–Crippen MR) is 98.4 cm³/mol. The molecule has 1 atom stereocenters. The molecule has 0 bridgehead atoms. The number of fused-ring (bicyclic) bond motifs is 1. The first-order valence-corrected chi connectivity index (χ1v) is 9.68. The van der Waals surface area contributed by atoms with Crippen molar-refractivity contribution in [1.29, 1.82) is 0 Å². The van der Waals surface area contributed by atoms with E-state index in [4.69, 9.17) is 4.74 Å². The Hall–Kier alpha value is -1.95. The van der Waals surface area contributed by atoms with Crippen molar-refractivity contribution in [3.05, 3.63) is 40.8 Å². The van der Waals surface area contributed by atoms with E-state index in [-0.39, 0.29) is 17.7 Å². The third kappa shape index (κ3) is 3.03. The van der Waals surface area contributed by atoms with Gasteiger partial charge in [-0.1, -0.05) is 6.92 Å². The lowest BCUT2D eigenvalue weighted by molar-refractivity contribution is -0.144. The van der Waals surface area contributed by atoms with Crippen LogP contribution in [0.4, 0.5) is 0 Å². The zero-order valence-corrected chi connectivity index (χ0v) is 16.0. The Kier molecular flexibility index (Phi) is 5.08. The van der Waals surface area contributed by atoms with E-state index in [1.165, 1.54) is 0 Å². The van der Waals surface area contributed by atoms with Gasteiger partial charge in [0.15, 0.2) is 0 Å². The highest BCUT2D eigenvalue weighted by Gasteiger charge is 2.34. The molecule has 0 aliphatic carbocycles. The van der Waals surface area contributed by atoms with Crippen molar-refractivity contribution in [1.82, 2.24) is 9.13 Å². The van der Waals surface area contributed by atoms with E-state index in [0.29, 0.717) is 31.0 Å². The Bertz CT molecular complexity index is 819. The number of ether oxygens (including phenoxy) is 1. The Morgan fingerprint density at radius 3 is 2.76 bits per heavy atom. The summed E-state index contributed by atoms with van der Waals surface area (Å²) in [4.78, 5) is 25.3. The van der Waals surface area contributed by atoms with Crippen molar-refractivity contribution in [2.75, 3.05) is 12.4 Å². The summed E-state index contributed by atoms with van der Waals surface area (Å²) in [5.41, 5.74) is 3.19. The summed E-state index contributed by atoms with van der Waals surface area (Å²) in [5, 5.41) is 1.08. The molecule has 0 N–H and O–H groups in total. The fraction of sp³-hybridized carbons (Fsp3) is 0.474. The summed E-state index contributed by atoms with van der Waals surface area (Å²) in [5.74, 6) is 0.517. The number of aryl methyl sites for hydroxylation is 1. The van der Waals surface area contributed by atoms with Crippen LogP contribution in [-0.4, -0.2) is 33.2 Å². The van der Waals surface area contributed by atoms with Crippen LogP contribution < -0.4 is 0 Å². The highest BCUT2D eigenvalue weighted by Crippen LogP contribution is 2.34. The minimum absolute atomic E-state index is 0.0127. The van der Waals surface area contributed by atoms with E-state index >= 15 is 0 Å². The van der Waals surface area contributed by atoms with Crippen LogP contribution in [0.3, 0.4) is 0 Å². The van der Waals surface area contributed by atoms with Gasteiger partial charge in [-0.15, -0.1) is 11.8 Å². The highest BCUT2D eigenvalue weighted by molar-refractivity contribution is 7.99. The van der Waals surface area contributed by atoms with Gasteiger partial charge in [-0.05, 0) is 49.8 Å². The maximum atomic E-state index is 13.2. The Morgan fingerprint density at radius 1 is 1.32 bits per heavy atom. The third-order valence-corrected chi connectivity index (χ3v) is 5.70. The number of rotatable bonds is 6. The molecule has 0 spiro atoms. The van der Waals surface area contributed by atoms with Crippen LogP contribution in [0.2, 0.25) is 0 Å². The first-order chi connectivity index (χ1) is 12.0. The SMILES string of the molecule is CCOC(=O)C1CCn2c1cc(C)c2C(=O)c1ccc(SCC)n1C. The molecule has 0 fully saturated rings. The van der Waals surface area contributed by atoms with E-state index in [0.717, 1.165) is 22.0 Å². The van der Waals surface area contributed by atoms with Crippen LogP contribution in [0.1, 0.15) is 53.6 Å². The van der Waals surface area contributed by atoms with E-state index in [1.54, 1.807) is 11.8 Å². The second-order valence-electron chi connectivity index (χ2n) is 6.22. The topological polar surface area (TPSA) is 53.2 Å². The van der Waals surface area contributed by atoms with Gasteiger partial charge in [-0.2, -0.15) is 0 Å². The van der Waals surface area contributed by atoms with Crippen LogP contribution in [0.5, 0.6) is 0 Å². The number of ketones is 1. The standard InChI is InChI=1S/C19H24N2O3S/c1-5-24-19(23)13-9-10-21-15(13)11-12(3)17(21)18(22)14-7-8-16(20(14)4)25-6-2/h7-8,11,13H,5-6,9-10H2,1-4H3. The predicted octanol–water partition coefficient (Wildman–Crippen LogP) is 3.53. The number of carbonyl (C=O) groups is 2. The minimum Gasteiger partial charge on any atom is -0.465 e. The molecule has 0 aromatic carbocycles. The number of aromatic nitrogens is 2. The molecule has 1 unspecified atom stereocenters. The first-order valence-electron chi connectivity index (χ1n) is 8.69. The average Bonchev–Trinajstić information content (AvgIpc) is 3.21. The molecule has 1 aliphatic rings. The quantitative estimate of drug-likeness (QED) is 0.449. The number of hydrogen-bond acceptors (Lipinski definition) is 4. The van der Waals surface area contributed by atoms with E-state index < -0.39 is 0 Å². The summed E-state index contributed by atoms with van der Waals surface area (Å²) in [6.45, 7) is 6.90. The molecule has 6 heteroatoms. The van der Waals surface area contributed by atoms with Gasteiger partial charge in [0.1, 0.15) is 0 Å². The summed E-state index contributed by atoms with van der Waals surface area (Å²) < 4.78 is 9.13. The van der Waals surface area contributed by atoms with Gasteiger partial charge in [0.05, 0.1) is 28.9 Å². The molecule has 25 heavy (non-hydrogen) atoms. The average molecular weight is 360 g/mol. The number of nitrogens with zero attached hydrogens (tertiary/aromatic N) is 2. The summed E-state index contributed by atoms with van der Waals surface area (Å²) in [6.07, 6.45) is 0.693. The molecule has 1 aliphatic heterocycles. The van der Waals surface area contributed by atoms with Gasteiger partial charge >= 0.3 is 5.97 Å². The fourth-order valence-corrected chi connectivity index (χ4v) is 4.32. The summed E-state index contributed by atoms with van der Waals surface area (Å²) in [6, 6.07) is 5.84. The van der Waals surface area contributed by atoms with Gasteiger partial charge in [0.2, 0.25) is 5.78 Å². The summed E-state index contributed by atoms with van der Waals surface area (Å²) in [7, 11) is 1.93. The lowest BCUT2D eigenvalue weighted by atomic mass is 10.0. The number of thioether (sulfide) groups is 1. The molecule has 0 radical (unpaired) electrons. The Morgan fingerprint density at radius 2 is 2.08 bits per heavy atom. The Balaban J connectivity index is 1.96. The molecule has 5 nitrogen and oxygen atoms in total. The molecular weight excluding hydrogens is 336 g/mol. The van der Waals surface area contributed by atoms with Crippen molar-refractivity contribution in [3.8, 4) is 0 Å². The monoisotopic (exact) mass is 360 g/mol.